The van der Waals surface area contributed by atoms with Gasteiger partial charge in [-0.1, -0.05) is 45.7 Å². The summed E-state index contributed by atoms with van der Waals surface area (Å²) in [5.41, 5.74) is 3.25. The molecule has 0 N–H and O–H groups in total. The zero-order chi connectivity index (χ0) is 14.7. The fourth-order valence-corrected chi connectivity index (χ4v) is 3.39. The molecule has 0 aliphatic heterocycles. The van der Waals surface area contributed by atoms with Crippen LogP contribution in [0.1, 0.15) is 21.5 Å². The maximum absolute atomic E-state index is 6.27. The van der Waals surface area contributed by atoms with Gasteiger partial charge in [0.2, 0.25) is 0 Å². The summed E-state index contributed by atoms with van der Waals surface area (Å²) in [4.78, 5) is 0.0102. The molecule has 2 aromatic rings. The van der Waals surface area contributed by atoms with E-state index in [1.54, 1.807) is 14.2 Å². The van der Waals surface area contributed by atoms with Gasteiger partial charge in [0.05, 0.1) is 19.0 Å². The predicted molar refractivity (Wildman–Crippen MR) is 86.5 cm³/mol. The van der Waals surface area contributed by atoms with Crippen molar-refractivity contribution in [1.82, 2.24) is 0 Å². The van der Waals surface area contributed by atoms with Crippen LogP contribution in [0, 0.1) is 6.92 Å². The first-order chi connectivity index (χ1) is 9.58. The molecule has 0 aliphatic carbocycles. The predicted octanol–water partition coefficient (Wildman–Crippen LogP) is 5.15. The minimum atomic E-state index is 0.0102. The van der Waals surface area contributed by atoms with Gasteiger partial charge in [0.15, 0.2) is 11.5 Å². The minimum absolute atomic E-state index is 0.0102. The van der Waals surface area contributed by atoms with Gasteiger partial charge >= 0.3 is 0 Å². The van der Waals surface area contributed by atoms with E-state index in [1.807, 2.05) is 43.3 Å². The number of ether oxygens (including phenoxy) is 2. The van der Waals surface area contributed by atoms with Gasteiger partial charge in [-0.2, -0.15) is 0 Å². The van der Waals surface area contributed by atoms with Crippen LogP contribution in [0.3, 0.4) is 0 Å². The number of halogens is 2. The maximum Gasteiger partial charge on any atom is 0.161 e. The molecule has 0 aliphatic rings. The largest absolute Gasteiger partial charge is 0.493 e. The molecule has 0 aromatic heterocycles. The van der Waals surface area contributed by atoms with Crippen LogP contribution in [0.5, 0.6) is 11.5 Å². The molecule has 2 aromatic carbocycles. The highest BCUT2D eigenvalue weighted by Gasteiger charge is 2.18. The van der Waals surface area contributed by atoms with E-state index in [4.69, 9.17) is 21.1 Å². The summed E-state index contributed by atoms with van der Waals surface area (Å²) in [7, 11) is 3.27. The van der Waals surface area contributed by atoms with Gasteiger partial charge < -0.3 is 9.47 Å². The zero-order valence-electron chi connectivity index (χ0n) is 11.6. The summed E-state index contributed by atoms with van der Waals surface area (Å²) >= 11 is 9.99. The monoisotopic (exact) mass is 354 g/mol. The Kier molecular flexibility index (Phi) is 4.95. The van der Waals surface area contributed by atoms with Crippen LogP contribution in [-0.4, -0.2) is 14.2 Å². The van der Waals surface area contributed by atoms with Gasteiger partial charge in [0.1, 0.15) is 0 Å². The quantitative estimate of drug-likeness (QED) is 0.706. The molecule has 0 heterocycles. The Hall–Kier alpha value is -1.19. The van der Waals surface area contributed by atoms with E-state index in [0.717, 1.165) is 27.5 Å². The molecule has 0 amide bonds. The van der Waals surface area contributed by atoms with Crippen molar-refractivity contribution in [3.8, 4) is 11.5 Å². The van der Waals surface area contributed by atoms with Crippen LogP contribution in [0.25, 0.3) is 0 Å². The molecule has 0 saturated carbocycles. The SMILES string of the molecule is COc1cc(C)c(C(Br)c2ccccc2Cl)cc1OC. The van der Waals surface area contributed by atoms with E-state index in [1.165, 1.54) is 0 Å². The molecule has 1 unspecified atom stereocenters. The Morgan fingerprint density at radius 2 is 1.60 bits per heavy atom. The highest BCUT2D eigenvalue weighted by atomic mass is 79.9. The molecule has 0 fully saturated rings. The molecule has 0 bridgehead atoms. The van der Waals surface area contributed by atoms with Crippen molar-refractivity contribution in [3.63, 3.8) is 0 Å². The van der Waals surface area contributed by atoms with E-state index < -0.39 is 0 Å². The van der Waals surface area contributed by atoms with Crippen LogP contribution in [0.2, 0.25) is 5.02 Å². The molecule has 2 nitrogen and oxygen atoms in total. The van der Waals surface area contributed by atoms with Crippen LogP contribution in [0.4, 0.5) is 0 Å². The average molecular weight is 356 g/mol. The molecule has 106 valence electrons. The van der Waals surface area contributed by atoms with Crippen molar-refractivity contribution in [2.24, 2.45) is 0 Å². The minimum Gasteiger partial charge on any atom is -0.493 e. The van der Waals surface area contributed by atoms with Crippen LogP contribution in [0.15, 0.2) is 36.4 Å². The molecule has 20 heavy (non-hydrogen) atoms. The second kappa shape index (κ2) is 6.51. The molecule has 0 saturated heterocycles. The smallest absolute Gasteiger partial charge is 0.161 e. The lowest BCUT2D eigenvalue weighted by molar-refractivity contribution is 0.354. The van der Waals surface area contributed by atoms with Crippen molar-refractivity contribution in [1.29, 1.82) is 0 Å². The molecular formula is C16H16BrClO2. The molecular weight excluding hydrogens is 340 g/mol. The van der Waals surface area contributed by atoms with Gasteiger partial charge in [-0.3, -0.25) is 0 Å². The lowest BCUT2D eigenvalue weighted by atomic mass is 9.99. The summed E-state index contributed by atoms with van der Waals surface area (Å²) in [6.07, 6.45) is 0. The van der Waals surface area contributed by atoms with Gasteiger partial charge in [0.25, 0.3) is 0 Å². The highest BCUT2D eigenvalue weighted by Crippen LogP contribution is 2.40. The van der Waals surface area contributed by atoms with Gasteiger partial charge in [-0.25, -0.2) is 0 Å². The lowest BCUT2D eigenvalue weighted by Gasteiger charge is -2.18. The van der Waals surface area contributed by atoms with E-state index in [-0.39, 0.29) is 4.83 Å². The third kappa shape index (κ3) is 2.94. The van der Waals surface area contributed by atoms with E-state index in [2.05, 4.69) is 15.9 Å². The van der Waals surface area contributed by atoms with Crippen LogP contribution >= 0.6 is 27.5 Å². The van der Waals surface area contributed by atoms with Gasteiger partial charge in [-0.15, -0.1) is 0 Å². The number of hydrogen-bond acceptors (Lipinski definition) is 2. The van der Waals surface area contributed by atoms with E-state index in [0.29, 0.717) is 5.75 Å². The number of aryl methyl sites for hydroxylation is 1. The lowest BCUT2D eigenvalue weighted by Crippen LogP contribution is -2.00. The van der Waals surface area contributed by atoms with Gasteiger partial charge in [0, 0.05) is 5.02 Å². The van der Waals surface area contributed by atoms with Crippen molar-refractivity contribution in [2.45, 2.75) is 11.8 Å². The van der Waals surface area contributed by atoms with Crippen LogP contribution in [-0.2, 0) is 0 Å². The first-order valence-corrected chi connectivity index (χ1v) is 7.48. The van der Waals surface area contributed by atoms with Crippen LogP contribution < -0.4 is 9.47 Å². The Morgan fingerprint density at radius 1 is 1.00 bits per heavy atom. The number of alkyl halides is 1. The fraction of sp³-hybridized carbons (Fsp3) is 0.250. The number of rotatable bonds is 4. The topological polar surface area (TPSA) is 18.5 Å². The summed E-state index contributed by atoms with van der Waals surface area (Å²) in [5.74, 6) is 1.44. The average Bonchev–Trinajstić information content (AvgIpc) is 2.46. The number of methoxy groups -OCH3 is 2. The van der Waals surface area contributed by atoms with Gasteiger partial charge in [-0.05, 0) is 41.8 Å². The molecule has 0 radical (unpaired) electrons. The fourth-order valence-electron chi connectivity index (χ4n) is 2.12. The third-order valence-electron chi connectivity index (χ3n) is 3.22. The van der Waals surface area contributed by atoms with Crippen molar-refractivity contribution < 1.29 is 9.47 Å². The zero-order valence-corrected chi connectivity index (χ0v) is 14.0. The Labute approximate surface area is 132 Å². The van der Waals surface area contributed by atoms with E-state index >= 15 is 0 Å². The first-order valence-electron chi connectivity index (χ1n) is 6.19. The summed E-state index contributed by atoms with van der Waals surface area (Å²) < 4.78 is 10.7. The second-order valence-electron chi connectivity index (χ2n) is 4.45. The first kappa shape index (κ1) is 15.2. The Morgan fingerprint density at radius 3 is 2.20 bits per heavy atom. The van der Waals surface area contributed by atoms with Crippen molar-refractivity contribution in [2.75, 3.05) is 14.2 Å². The third-order valence-corrected chi connectivity index (χ3v) is 4.55. The summed E-state index contributed by atoms with van der Waals surface area (Å²) in [6.45, 7) is 2.04. The number of benzene rings is 2. The normalized spacial score (nSPS) is 12.1. The van der Waals surface area contributed by atoms with Crippen molar-refractivity contribution in [3.05, 3.63) is 58.1 Å². The second-order valence-corrected chi connectivity index (χ2v) is 5.77. The highest BCUT2D eigenvalue weighted by molar-refractivity contribution is 9.09. The number of hydrogen-bond donors (Lipinski definition) is 0. The molecule has 0 spiro atoms. The summed E-state index contributed by atoms with van der Waals surface area (Å²) in [6, 6.07) is 11.8. The summed E-state index contributed by atoms with van der Waals surface area (Å²) in [5, 5.41) is 0.739. The Balaban J connectivity index is 2.50. The van der Waals surface area contributed by atoms with E-state index in [9.17, 15) is 0 Å². The van der Waals surface area contributed by atoms with Crippen molar-refractivity contribution >= 4 is 27.5 Å². The standard InChI is InChI=1S/C16H16BrClO2/c1-10-8-14(19-2)15(20-3)9-12(10)16(17)11-6-4-5-7-13(11)18/h4-9,16H,1-3H3. The molecule has 1 atom stereocenters. The maximum atomic E-state index is 6.27. The Bertz CT molecular complexity index is 613. The molecule has 4 heteroatoms. The molecule has 2 rings (SSSR count).